The minimum Gasteiger partial charge on any atom is -0.377 e. The average molecular weight is 388 g/mol. The SMILES string of the molecule is CCNC(=NCC(C)(C)OC)NCCNC(=O)c1ccc(C(F)(F)F)cc1. The van der Waals surface area contributed by atoms with Gasteiger partial charge in [0.05, 0.1) is 17.7 Å². The molecule has 3 N–H and O–H groups in total. The predicted molar refractivity (Wildman–Crippen MR) is 98.8 cm³/mol. The molecule has 152 valence electrons. The summed E-state index contributed by atoms with van der Waals surface area (Å²) >= 11 is 0. The number of nitrogens with zero attached hydrogens (tertiary/aromatic N) is 1. The molecule has 9 heteroatoms. The second-order valence-corrected chi connectivity index (χ2v) is 6.42. The lowest BCUT2D eigenvalue weighted by Gasteiger charge is -2.21. The van der Waals surface area contributed by atoms with Gasteiger partial charge < -0.3 is 20.7 Å². The Bertz CT molecular complexity index is 628. The van der Waals surface area contributed by atoms with Gasteiger partial charge in [0, 0.05) is 32.3 Å². The minimum absolute atomic E-state index is 0.172. The molecular weight excluding hydrogens is 361 g/mol. The number of amides is 1. The molecule has 0 saturated carbocycles. The summed E-state index contributed by atoms with van der Waals surface area (Å²) in [7, 11) is 1.62. The molecule has 0 bridgehead atoms. The van der Waals surface area contributed by atoms with Crippen LogP contribution >= 0.6 is 0 Å². The number of guanidine groups is 1. The van der Waals surface area contributed by atoms with E-state index in [-0.39, 0.29) is 17.7 Å². The second-order valence-electron chi connectivity index (χ2n) is 6.42. The van der Waals surface area contributed by atoms with E-state index in [1.165, 1.54) is 0 Å². The summed E-state index contributed by atoms with van der Waals surface area (Å²) in [6.45, 7) is 7.61. The van der Waals surface area contributed by atoms with Crippen molar-refractivity contribution in [2.45, 2.75) is 32.5 Å². The number of hydrogen-bond acceptors (Lipinski definition) is 3. The van der Waals surface area contributed by atoms with Gasteiger partial charge in [-0.3, -0.25) is 9.79 Å². The quantitative estimate of drug-likeness (QED) is 0.363. The van der Waals surface area contributed by atoms with Gasteiger partial charge in [-0.1, -0.05) is 0 Å². The largest absolute Gasteiger partial charge is 0.416 e. The Kier molecular flexibility index (Phi) is 8.55. The number of nitrogens with one attached hydrogen (secondary N) is 3. The van der Waals surface area contributed by atoms with Gasteiger partial charge in [-0.2, -0.15) is 13.2 Å². The van der Waals surface area contributed by atoms with Crippen molar-refractivity contribution in [3.8, 4) is 0 Å². The number of ether oxygens (including phenoxy) is 1. The number of carbonyl (C=O) groups is 1. The second kappa shape index (κ2) is 10.1. The smallest absolute Gasteiger partial charge is 0.377 e. The molecular formula is C18H27F3N4O2. The van der Waals surface area contributed by atoms with Crippen molar-refractivity contribution in [1.29, 1.82) is 0 Å². The fraction of sp³-hybridized carbons (Fsp3) is 0.556. The first-order chi connectivity index (χ1) is 12.6. The van der Waals surface area contributed by atoms with E-state index in [9.17, 15) is 18.0 Å². The number of hydrogen-bond donors (Lipinski definition) is 3. The fourth-order valence-electron chi connectivity index (χ4n) is 1.95. The molecule has 6 nitrogen and oxygen atoms in total. The number of carbonyl (C=O) groups excluding carboxylic acids is 1. The molecule has 0 atom stereocenters. The molecule has 0 aromatic heterocycles. The number of benzene rings is 1. The number of methoxy groups -OCH3 is 1. The van der Waals surface area contributed by atoms with E-state index < -0.39 is 17.6 Å². The third-order valence-electron chi connectivity index (χ3n) is 3.69. The molecule has 1 aromatic carbocycles. The minimum atomic E-state index is -4.42. The Balaban J connectivity index is 2.48. The monoisotopic (exact) mass is 388 g/mol. The highest BCUT2D eigenvalue weighted by molar-refractivity contribution is 5.94. The van der Waals surface area contributed by atoms with Crippen molar-refractivity contribution in [1.82, 2.24) is 16.0 Å². The van der Waals surface area contributed by atoms with Gasteiger partial charge in [-0.05, 0) is 45.0 Å². The number of rotatable bonds is 8. The highest BCUT2D eigenvalue weighted by atomic mass is 19.4. The third-order valence-corrected chi connectivity index (χ3v) is 3.69. The first kappa shape index (κ1) is 22.8. The topological polar surface area (TPSA) is 74.8 Å². The van der Waals surface area contributed by atoms with Gasteiger partial charge in [0.15, 0.2) is 5.96 Å². The van der Waals surface area contributed by atoms with Crippen LogP contribution in [0.5, 0.6) is 0 Å². The maximum absolute atomic E-state index is 12.5. The van der Waals surface area contributed by atoms with Crippen LogP contribution in [0.25, 0.3) is 0 Å². The fourth-order valence-corrected chi connectivity index (χ4v) is 1.95. The van der Waals surface area contributed by atoms with E-state index >= 15 is 0 Å². The standard InChI is InChI=1S/C18H27F3N4O2/c1-5-22-16(25-12-17(2,3)27-4)24-11-10-23-15(26)13-6-8-14(9-7-13)18(19,20)21/h6-9H,5,10-12H2,1-4H3,(H,23,26)(H2,22,24,25). The van der Waals surface area contributed by atoms with Gasteiger partial charge in [0.2, 0.25) is 0 Å². The molecule has 0 radical (unpaired) electrons. The van der Waals surface area contributed by atoms with Crippen molar-refractivity contribution < 1.29 is 22.7 Å². The zero-order chi connectivity index (χ0) is 20.5. The van der Waals surface area contributed by atoms with Crippen LogP contribution in [-0.2, 0) is 10.9 Å². The highest BCUT2D eigenvalue weighted by Gasteiger charge is 2.30. The molecule has 0 heterocycles. The summed E-state index contributed by atoms with van der Waals surface area (Å²) in [5.74, 6) is 0.152. The Morgan fingerprint density at radius 1 is 1.07 bits per heavy atom. The van der Waals surface area contributed by atoms with Gasteiger partial charge in [-0.25, -0.2) is 0 Å². The van der Waals surface area contributed by atoms with Crippen molar-refractivity contribution in [2.24, 2.45) is 4.99 Å². The maximum Gasteiger partial charge on any atom is 0.416 e. The maximum atomic E-state index is 12.5. The average Bonchev–Trinajstić information content (AvgIpc) is 2.62. The molecule has 1 rings (SSSR count). The first-order valence-corrected chi connectivity index (χ1v) is 8.62. The summed E-state index contributed by atoms with van der Waals surface area (Å²) < 4.78 is 42.9. The van der Waals surface area contributed by atoms with Crippen LogP contribution in [0.4, 0.5) is 13.2 Å². The lowest BCUT2D eigenvalue weighted by Crippen LogP contribution is -2.42. The zero-order valence-corrected chi connectivity index (χ0v) is 16.0. The van der Waals surface area contributed by atoms with Crippen LogP contribution in [0.1, 0.15) is 36.7 Å². The summed E-state index contributed by atoms with van der Waals surface area (Å²) in [6.07, 6.45) is -4.42. The molecule has 27 heavy (non-hydrogen) atoms. The molecule has 0 saturated heterocycles. The third kappa shape index (κ3) is 8.29. The molecule has 0 fully saturated rings. The van der Waals surface area contributed by atoms with E-state index in [2.05, 4.69) is 20.9 Å². The van der Waals surface area contributed by atoms with Crippen LogP contribution in [-0.4, -0.2) is 50.8 Å². The van der Waals surface area contributed by atoms with Crippen LogP contribution in [0.3, 0.4) is 0 Å². The molecule has 1 amide bonds. The summed E-state index contributed by atoms with van der Waals surface area (Å²) in [5, 5.41) is 8.80. The van der Waals surface area contributed by atoms with E-state index in [4.69, 9.17) is 4.74 Å². The summed E-state index contributed by atoms with van der Waals surface area (Å²) in [5.41, 5.74) is -1.00. The van der Waals surface area contributed by atoms with E-state index in [1.807, 2.05) is 20.8 Å². The van der Waals surface area contributed by atoms with Crippen LogP contribution in [0.15, 0.2) is 29.3 Å². The van der Waals surface area contributed by atoms with Gasteiger partial charge >= 0.3 is 6.18 Å². The molecule has 0 aliphatic heterocycles. The van der Waals surface area contributed by atoms with Gasteiger partial charge in [0.25, 0.3) is 5.91 Å². The summed E-state index contributed by atoms with van der Waals surface area (Å²) in [6, 6.07) is 4.09. The first-order valence-electron chi connectivity index (χ1n) is 8.62. The summed E-state index contributed by atoms with van der Waals surface area (Å²) in [4.78, 5) is 16.4. The normalized spacial score (nSPS) is 12.6. The predicted octanol–water partition coefficient (Wildman–Crippen LogP) is 2.42. The van der Waals surface area contributed by atoms with Crippen molar-refractivity contribution in [3.63, 3.8) is 0 Å². The van der Waals surface area contributed by atoms with Crippen LogP contribution < -0.4 is 16.0 Å². The lowest BCUT2D eigenvalue weighted by molar-refractivity contribution is -0.137. The highest BCUT2D eigenvalue weighted by Crippen LogP contribution is 2.29. The van der Waals surface area contributed by atoms with Crippen LogP contribution in [0.2, 0.25) is 0 Å². The van der Waals surface area contributed by atoms with Crippen molar-refractivity contribution >= 4 is 11.9 Å². The Hall–Kier alpha value is -2.29. The van der Waals surface area contributed by atoms with Crippen molar-refractivity contribution in [2.75, 3.05) is 33.3 Å². The molecule has 0 aliphatic carbocycles. The molecule has 1 aromatic rings. The number of aliphatic imine (C=N–C) groups is 1. The van der Waals surface area contributed by atoms with Gasteiger partial charge in [-0.15, -0.1) is 0 Å². The van der Waals surface area contributed by atoms with E-state index in [1.54, 1.807) is 7.11 Å². The Morgan fingerprint density at radius 2 is 1.67 bits per heavy atom. The molecule has 0 unspecified atom stereocenters. The van der Waals surface area contributed by atoms with Crippen LogP contribution in [0, 0.1) is 0 Å². The number of alkyl halides is 3. The molecule has 0 spiro atoms. The van der Waals surface area contributed by atoms with E-state index in [0.717, 1.165) is 24.3 Å². The van der Waals surface area contributed by atoms with E-state index in [0.29, 0.717) is 25.6 Å². The van der Waals surface area contributed by atoms with Gasteiger partial charge in [0.1, 0.15) is 0 Å². The molecule has 0 aliphatic rings. The Labute approximate surface area is 157 Å². The van der Waals surface area contributed by atoms with Crippen molar-refractivity contribution in [3.05, 3.63) is 35.4 Å². The zero-order valence-electron chi connectivity index (χ0n) is 16.0. The number of halogens is 3. The lowest BCUT2D eigenvalue weighted by atomic mass is 10.1. The Morgan fingerprint density at radius 3 is 2.19 bits per heavy atom.